The number of carbonyl (C=O) groups excluding carboxylic acids is 1. The molecule has 1 amide bonds. The average Bonchev–Trinajstić information content (AvgIpc) is 2.50. The predicted octanol–water partition coefficient (Wildman–Crippen LogP) is -0.595. The number of anilines is 1. The zero-order valence-electron chi connectivity index (χ0n) is 7.21. The zero-order valence-corrected chi connectivity index (χ0v) is 7.21. The molecule has 71 valence electrons. The molecule has 0 atom stereocenters. The van der Waals surface area contributed by atoms with Crippen LogP contribution in [0.2, 0.25) is 0 Å². The second kappa shape index (κ2) is 2.95. The van der Waals surface area contributed by atoms with Gasteiger partial charge in [0, 0.05) is 6.92 Å². The summed E-state index contributed by atoms with van der Waals surface area (Å²) in [7, 11) is 0. The van der Waals surface area contributed by atoms with E-state index in [-0.39, 0.29) is 23.0 Å². The van der Waals surface area contributed by atoms with Gasteiger partial charge in [0.2, 0.25) is 11.9 Å². The third-order valence-electron chi connectivity index (χ3n) is 1.54. The van der Waals surface area contributed by atoms with Crippen molar-refractivity contribution < 1.29 is 4.79 Å². The topological polar surface area (TPSA) is 104 Å². The highest BCUT2D eigenvalue weighted by molar-refractivity contribution is 5.87. The van der Waals surface area contributed by atoms with Gasteiger partial charge in [0.05, 0.1) is 0 Å². The first kappa shape index (κ1) is 8.42. The van der Waals surface area contributed by atoms with Crippen molar-refractivity contribution in [2.75, 3.05) is 5.32 Å². The van der Waals surface area contributed by atoms with Crippen LogP contribution in [0.3, 0.4) is 0 Å². The first-order chi connectivity index (χ1) is 6.66. The molecule has 0 aliphatic heterocycles. The lowest BCUT2D eigenvalue weighted by atomic mass is 10.5. The highest BCUT2D eigenvalue weighted by Gasteiger charge is 2.06. The van der Waals surface area contributed by atoms with Crippen LogP contribution in [0.15, 0.2) is 4.79 Å². The monoisotopic (exact) mass is 192 g/mol. The molecule has 0 aliphatic rings. The lowest BCUT2D eigenvalue weighted by Crippen LogP contribution is -2.15. The lowest BCUT2D eigenvalue weighted by molar-refractivity contribution is -0.114. The zero-order chi connectivity index (χ0) is 10.1. The lowest BCUT2D eigenvalue weighted by Gasteiger charge is -1.98. The van der Waals surface area contributed by atoms with E-state index in [2.05, 4.69) is 31.6 Å². The smallest absolute Gasteiger partial charge is 0.278 e. The molecule has 0 saturated heterocycles. The molecule has 0 spiro atoms. The van der Waals surface area contributed by atoms with Crippen LogP contribution in [0.25, 0.3) is 11.2 Å². The first-order valence-electron chi connectivity index (χ1n) is 3.80. The Hall–Kier alpha value is -2.18. The van der Waals surface area contributed by atoms with Crippen molar-refractivity contribution in [2.24, 2.45) is 0 Å². The summed E-state index contributed by atoms with van der Waals surface area (Å²) in [6.45, 7) is 1.32. The van der Waals surface area contributed by atoms with Crippen molar-refractivity contribution in [1.82, 2.24) is 19.9 Å². The number of nitrogens with one attached hydrogen (secondary N) is 3. The number of aromatic nitrogens is 4. The Morgan fingerprint density at radius 3 is 3.07 bits per heavy atom. The molecule has 0 fully saturated rings. The number of fused-ring (bicyclic) bond motifs is 1. The van der Waals surface area contributed by atoms with Gasteiger partial charge in [0.15, 0.2) is 17.5 Å². The summed E-state index contributed by atoms with van der Waals surface area (Å²) in [5, 5.41) is 2.35. The first-order valence-corrected chi connectivity index (χ1v) is 3.80. The summed E-state index contributed by atoms with van der Waals surface area (Å²) in [6, 6.07) is 0. The summed E-state index contributed by atoms with van der Waals surface area (Å²) < 4.78 is 0. The van der Waals surface area contributed by atoms with Gasteiger partial charge in [0.1, 0.15) is 0 Å². The van der Waals surface area contributed by atoms with Gasteiger partial charge in [-0.05, 0) is 0 Å². The van der Waals surface area contributed by atoms with E-state index in [9.17, 15) is 9.59 Å². The van der Waals surface area contributed by atoms with Crippen LogP contribution in [0.5, 0.6) is 0 Å². The van der Waals surface area contributed by atoms with E-state index in [1.54, 1.807) is 0 Å². The van der Waals surface area contributed by atoms with Crippen LogP contribution < -0.4 is 10.9 Å². The number of H-pyrrole nitrogens is 2. The van der Waals surface area contributed by atoms with Gasteiger partial charge in [-0.25, -0.2) is 4.98 Å². The maximum Gasteiger partial charge on any atom is 0.278 e. The van der Waals surface area contributed by atoms with E-state index in [0.29, 0.717) is 0 Å². The Morgan fingerprint density at radius 1 is 1.57 bits per heavy atom. The largest absolute Gasteiger partial charge is 0.329 e. The average molecular weight is 192 g/mol. The van der Waals surface area contributed by atoms with Gasteiger partial charge in [-0.3, -0.25) is 19.9 Å². The second-order valence-electron chi connectivity index (χ2n) is 2.64. The number of amides is 1. The van der Waals surface area contributed by atoms with Crippen LogP contribution >= 0.6 is 0 Å². The van der Waals surface area contributed by atoms with Crippen molar-refractivity contribution in [3.8, 4) is 0 Å². The number of imidazole rings is 1. The highest BCUT2D eigenvalue weighted by atomic mass is 16.1. The van der Waals surface area contributed by atoms with E-state index in [1.807, 2.05) is 0 Å². The number of nitrogens with zero attached hydrogens (tertiary/aromatic N) is 2. The fraction of sp³-hybridized carbons (Fsp3) is 0.143. The maximum atomic E-state index is 11.3. The molecule has 3 N–H and O–H groups in total. The number of carbonyl (C=O) groups is 1. The molecule has 0 unspecified atom stereocenters. The van der Waals surface area contributed by atoms with Crippen molar-refractivity contribution in [3.63, 3.8) is 0 Å². The molecular weight excluding hydrogens is 186 g/mol. The van der Waals surface area contributed by atoms with E-state index in [4.69, 9.17) is 0 Å². The normalized spacial score (nSPS) is 10.4. The standard InChI is InChI=1S/C7H6N5O2/c1-3(13)10-7-11-5-4(6(14)12-7)8-2-9-5/h1H3,(H3,8,9,10,11,12,13,14). The minimum atomic E-state index is -0.396. The summed E-state index contributed by atoms with van der Waals surface area (Å²) in [6.07, 6.45) is 2.39. The molecule has 2 rings (SSSR count). The van der Waals surface area contributed by atoms with Crippen LogP contribution in [0.4, 0.5) is 5.95 Å². The third-order valence-corrected chi connectivity index (χ3v) is 1.54. The second-order valence-corrected chi connectivity index (χ2v) is 2.64. The van der Waals surface area contributed by atoms with Gasteiger partial charge in [-0.2, -0.15) is 4.98 Å². The van der Waals surface area contributed by atoms with E-state index in [1.165, 1.54) is 6.92 Å². The number of hydrogen-bond donors (Lipinski definition) is 3. The summed E-state index contributed by atoms with van der Waals surface area (Å²) in [4.78, 5) is 34.4. The molecule has 7 heteroatoms. The van der Waals surface area contributed by atoms with Crippen LogP contribution in [0.1, 0.15) is 6.92 Å². The number of aromatic amines is 2. The van der Waals surface area contributed by atoms with E-state index >= 15 is 0 Å². The summed E-state index contributed by atoms with van der Waals surface area (Å²) in [5.41, 5.74) is 0.0594. The molecule has 1 radical (unpaired) electrons. The van der Waals surface area contributed by atoms with Gasteiger partial charge in [-0.1, -0.05) is 0 Å². The Labute approximate surface area is 77.6 Å². The molecule has 2 aromatic heterocycles. The van der Waals surface area contributed by atoms with Crippen LogP contribution in [0, 0.1) is 6.33 Å². The van der Waals surface area contributed by atoms with Crippen molar-refractivity contribution in [3.05, 3.63) is 16.7 Å². The Balaban J connectivity index is 2.58. The molecule has 0 aliphatic carbocycles. The minimum absolute atomic E-state index is 0.0792. The van der Waals surface area contributed by atoms with E-state index < -0.39 is 5.56 Å². The van der Waals surface area contributed by atoms with Crippen molar-refractivity contribution in [1.29, 1.82) is 0 Å². The fourth-order valence-electron chi connectivity index (χ4n) is 1.02. The summed E-state index contributed by atoms with van der Waals surface area (Å²) in [5.74, 6) is -0.234. The molecular formula is C7H6N5O2. The van der Waals surface area contributed by atoms with Gasteiger partial charge in [-0.15, -0.1) is 0 Å². The van der Waals surface area contributed by atoms with Gasteiger partial charge >= 0.3 is 0 Å². The van der Waals surface area contributed by atoms with Crippen molar-refractivity contribution in [2.45, 2.75) is 6.92 Å². The Morgan fingerprint density at radius 2 is 2.36 bits per heavy atom. The van der Waals surface area contributed by atoms with Crippen molar-refractivity contribution >= 4 is 23.0 Å². The predicted molar refractivity (Wildman–Crippen MR) is 47.6 cm³/mol. The number of hydrogen-bond acceptors (Lipinski definition) is 4. The van der Waals surface area contributed by atoms with Crippen LogP contribution in [-0.2, 0) is 4.79 Å². The Bertz CT molecular complexity index is 540. The van der Waals surface area contributed by atoms with Gasteiger partial charge in [0.25, 0.3) is 5.56 Å². The Kier molecular flexibility index (Phi) is 1.77. The molecule has 2 aromatic rings. The SMILES string of the molecule is CC(=O)Nc1nc2n[c][nH]c2c(=O)[nH]1. The maximum absolute atomic E-state index is 11.3. The minimum Gasteiger partial charge on any atom is -0.329 e. The van der Waals surface area contributed by atoms with Crippen LogP contribution in [-0.4, -0.2) is 25.8 Å². The molecule has 14 heavy (non-hydrogen) atoms. The quantitative estimate of drug-likeness (QED) is 0.561. The molecule has 7 nitrogen and oxygen atoms in total. The molecule has 0 bridgehead atoms. The van der Waals surface area contributed by atoms with Gasteiger partial charge < -0.3 is 4.98 Å². The molecule has 2 heterocycles. The fourth-order valence-corrected chi connectivity index (χ4v) is 1.02. The highest BCUT2D eigenvalue weighted by Crippen LogP contribution is 2.01. The molecule has 0 aromatic carbocycles. The third kappa shape index (κ3) is 1.35. The molecule has 0 saturated carbocycles. The van der Waals surface area contributed by atoms with E-state index in [0.717, 1.165) is 0 Å². The number of rotatable bonds is 1. The summed E-state index contributed by atoms with van der Waals surface area (Å²) >= 11 is 0.